The predicted molar refractivity (Wildman–Crippen MR) is 60.6 cm³/mol. The number of benzene rings is 1. The summed E-state index contributed by atoms with van der Waals surface area (Å²) >= 11 is 0. The Bertz CT molecular complexity index is 439. The number of hydrogen-bond acceptors (Lipinski definition) is 4. The Balaban J connectivity index is 3.10. The van der Waals surface area contributed by atoms with Crippen LogP contribution in [0.4, 0.5) is 0 Å². The normalized spacial score (nSPS) is 11.9. The van der Waals surface area contributed by atoms with Crippen LogP contribution < -0.4 is 4.74 Å². The number of aliphatic carboxylic acids is 1. The fourth-order valence-corrected chi connectivity index (χ4v) is 1.49. The number of methoxy groups -OCH3 is 1. The van der Waals surface area contributed by atoms with Crippen LogP contribution in [0.15, 0.2) is 12.1 Å². The topological polar surface area (TPSA) is 83.8 Å². The van der Waals surface area contributed by atoms with Gasteiger partial charge in [0, 0.05) is 5.56 Å². The van der Waals surface area contributed by atoms with Crippen LogP contribution in [0.1, 0.15) is 22.8 Å². The zero-order valence-corrected chi connectivity index (χ0v) is 9.64. The number of hydrogen-bond donors (Lipinski definition) is 2. The van der Waals surface area contributed by atoms with Gasteiger partial charge in [0.2, 0.25) is 0 Å². The minimum absolute atomic E-state index is 0.106. The highest BCUT2D eigenvalue weighted by molar-refractivity contribution is 5.80. The van der Waals surface area contributed by atoms with Crippen molar-refractivity contribution in [3.8, 4) is 11.5 Å². The average Bonchev–Trinajstić information content (AvgIpc) is 2.29. The molecule has 1 unspecified atom stereocenters. The molecule has 0 spiro atoms. The van der Waals surface area contributed by atoms with Gasteiger partial charge in [0.15, 0.2) is 11.5 Å². The fourth-order valence-electron chi connectivity index (χ4n) is 1.49. The van der Waals surface area contributed by atoms with Gasteiger partial charge in [0.25, 0.3) is 0 Å². The lowest BCUT2D eigenvalue weighted by molar-refractivity contribution is -0.141. The van der Waals surface area contributed by atoms with Crippen LogP contribution in [0.25, 0.3) is 0 Å². The zero-order valence-electron chi connectivity index (χ0n) is 9.64. The van der Waals surface area contributed by atoms with Crippen molar-refractivity contribution in [2.45, 2.75) is 13.3 Å². The molecule has 2 N–H and O–H groups in total. The fraction of sp³-hybridized carbons (Fsp3) is 0.333. The first-order valence-electron chi connectivity index (χ1n) is 5.07. The number of phenolic OH excluding ortho intramolecular Hbond substituents is 1. The maximum atomic E-state index is 10.9. The molecule has 1 aromatic rings. The smallest absolute Gasteiger partial charge is 0.306 e. The van der Waals surface area contributed by atoms with Gasteiger partial charge in [-0.15, -0.1) is 0 Å². The molecule has 0 aliphatic rings. The molecule has 0 bridgehead atoms. The Morgan fingerprint density at radius 2 is 2.18 bits per heavy atom. The molecule has 0 aromatic heterocycles. The molecule has 17 heavy (non-hydrogen) atoms. The number of aromatic hydroxyl groups is 1. The van der Waals surface area contributed by atoms with Crippen LogP contribution in [-0.2, 0) is 11.2 Å². The lowest BCUT2D eigenvalue weighted by Crippen LogP contribution is -2.13. The average molecular weight is 238 g/mol. The molecular weight excluding hydrogens is 224 g/mol. The third-order valence-corrected chi connectivity index (χ3v) is 2.52. The molecule has 0 radical (unpaired) electrons. The van der Waals surface area contributed by atoms with Crippen molar-refractivity contribution < 1.29 is 24.5 Å². The number of aldehydes is 1. The van der Waals surface area contributed by atoms with E-state index < -0.39 is 11.9 Å². The summed E-state index contributed by atoms with van der Waals surface area (Å²) in [6.07, 6.45) is 0.798. The number of phenols is 1. The molecule has 92 valence electrons. The number of ether oxygens (including phenoxy) is 1. The molecule has 0 heterocycles. The lowest BCUT2D eigenvalue weighted by Gasteiger charge is -2.11. The summed E-state index contributed by atoms with van der Waals surface area (Å²) in [4.78, 5) is 21.6. The highest BCUT2D eigenvalue weighted by Crippen LogP contribution is 2.29. The van der Waals surface area contributed by atoms with Crippen molar-refractivity contribution in [1.82, 2.24) is 0 Å². The molecule has 5 nitrogen and oxygen atoms in total. The van der Waals surface area contributed by atoms with Gasteiger partial charge >= 0.3 is 5.97 Å². The molecule has 1 aromatic carbocycles. The zero-order chi connectivity index (χ0) is 13.0. The maximum Gasteiger partial charge on any atom is 0.306 e. The predicted octanol–water partition coefficient (Wildman–Crippen LogP) is 1.48. The summed E-state index contributed by atoms with van der Waals surface area (Å²) in [5.41, 5.74) is 0.820. The van der Waals surface area contributed by atoms with E-state index in [0.29, 0.717) is 17.4 Å². The number of carbonyl (C=O) groups excluding carboxylic acids is 1. The van der Waals surface area contributed by atoms with Crippen LogP contribution in [0.2, 0.25) is 0 Å². The highest BCUT2D eigenvalue weighted by atomic mass is 16.5. The molecule has 0 saturated heterocycles. The number of carbonyl (C=O) groups is 2. The van der Waals surface area contributed by atoms with E-state index in [4.69, 9.17) is 9.84 Å². The van der Waals surface area contributed by atoms with E-state index in [2.05, 4.69) is 0 Å². The summed E-state index contributed by atoms with van der Waals surface area (Å²) < 4.78 is 4.87. The lowest BCUT2D eigenvalue weighted by atomic mass is 9.97. The van der Waals surface area contributed by atoms with Crippen molar-refractivity contribution in [2.75, 3.05) is 7.11 Å². The SMILES string of the molecule is COc1cc(C=O)c(CC(C)C(=O)O)cc1O. The van der Waals surface area contributed by atoms with Gasteiger partial charge in [-0.2, -0.15) is 0 Å². The quantitative estimate of drug-likeness (QED) is 0.759. The molecule has 1 atom stereocenters. The van der Waals surface area contributed by atoms with E-state index in [0.717, 1.165) is 0 Å². The van der Waals surface area contributed by atoms with Crippen molar-refractivity contribution in [3.63, 3.8) is 0 Å². The van der Waals surface area contributed by atoms with Gasteiger partial charge in [-0.3, -0.25) is 9.59 Å². The Labute approximate surface area is 98.6 Å². The molecule has 0 aliphatic carbocycles. The molecule has 0 saturated carbocycles. The van der Waals surface area contributed by atoms with Crippen molar-refractivity contribution in [1.29, 1.82) is 0 Å². The van der Waals surface area contributed by atoms with Crippen molar-refractivity contribution in [2.24, 2.45) is 5.92 Å². The Morgan fingerprint density at radius 1 is 1.53 bits per heavy atom. The molecule has 0 amide bonds. The van der Waals surface area contributed by atoms with Gasteiger partial charge < -0.3 is 14.9 Å². The van der Waals surface area contributed by atoms with Gasteiger partial charge in [-0.25, -0.2) is 0 Å². The summed E-state index contributed by atoms with van der Waals surface area (Å²) in [5.74, 6) is -1.48. The first-order chi connectivity index (χ1) is 7.99. The van der Waals surface area contributed by atoms with E-state index in [9.17, 15) is 14.7 Å². The van der Waals surface area contributed by atoms with Gasteiger partial charge in [0.05, 0.1) is 13.0 Å². The van der Waals surface area contributed by atoms with Crippen molar-refractivity contribution >= 4 is 12.3 Å². The largest absolute Gasteiger partial charge is 0.504 e. The first kappa shape index (κ1) is 13.0. The van der Waals surface area contributed by atoms with E-state index in [1.165, 1.54) is 26.2 Å². The van der Waals surface area contributed by atoms with Gasteiger partial charge in [-0.05, 0) is 24.1 Å². The monoisotopic (exact) mass is 238 g/mol. The second kappa shape index (κ2) is 5.34. The van der Waals surface area contributed by atoms with E-state index in [1.807, 2.05) is 0 Å². The Hall–Kier alpha value is -2.04. The molecular formula is C12H14O5. The minimum Gasteiger partial charge on any atom is -0.504 e. The second-order valence-corrected chi connectivity index (χ2v) is 3.78. The third-order valence-electron chi connectivity index (χ3n) is 2.52. The Morgan fingerprint density at radius 3 is 2.65 bits per heavy atom. The van der Waals surface area contributed by atoms with Crippen LogP contribution in [0.5, 0.6) is 11.5 Å². The Kier molecular flexibility index (Phi) is 4.09. The molecule has 0 fully saturated rings. The van der Waals surface area contributed by atoms with E-state index in [-0.39, 0.29) is 17.9 Å². The molecule has 0 aliphatic heterocycles. The van der Waals surface area contributed by atoms with E-state index >= 15 is 0 Å². The summed E-state index contributed by atoms with van der Waals surface area (Å²) in [6.45, 7) is 1.54. The molecule has 1 rings (SSSR count). The first-order valence-corrected chi connectivity index (χ1v) is 5.07. The third kappa shape index (κ3) is 2.96. The van der Waals surface area contributed by atoms with E-state index in [1.54, 1.807) is 0 Å². The number of rotatable bonds is 5. The number of carboxylic acids is 1. The van der Waals surface area contributed by atoms with Crippen LogP contribution >= 0.6 is 0 Å². The highest BCUT2D eigenvalue weighted by Gasteiger charge is 2.16. The standard InChI is InChI=1S/C12H14O5/c1-7(12(15)16)3-8-4-10(14)11(17-2)5-9(8)6-13/h4-7,14H,3H2,1-2H3,(H,15,16). The summed E-state index contributed by atoms with van der Waals surface area (Å²) in [7, 11) is 1.38. The van der Waals surface area contributed by atoms with Gasteiger partial charge in [-0.1, -0.05) is 6.92 Å². The molecule has 5 heteroatoms. The number of carboxylic acid groups (broad SMARTS) is 1. The minimum atomic E-state index is -0.947. The summed E-state index contributed by atoms with van der Waals surface area (Å²) in [5, 5.41) is 18.4. The summed E-state index contributed by atoms with van der Waals surface area (Å²) in [6, 6.07) is 2.76. The van der Waals surface area contributed by atoms with Gasteiger partial charge in [0.1, 0.15) is 6.29 Å². The van der Waals surface area contributed by atoms with Crippen molar-refractivity contribution in [3.05, 3.63) is 23.3 Å². The maximum absolute atomic E-state index is 10.9. The van der Waals surface area contributed by atoms with Crippen LogP contribution in [0.3, 0.4) is 0 Å². The van der Waals surface area contributed by atoms with Crippen LogP contribution in [-0.4, -0.2) is 29.6 Å². The van der Waals surface area contributed by atoms with Crippen LogP contribution in [0, 0.1) is 5.92 Å². The second-order valence-electron chi connectivity index (χ2n) is 3.78.